The highest BCUT2D eigenvalue weighted by molar-refractivity contribution is 7.10. The molecule has 3 heteroatoms. The maximum Gasteiger partial charge on any atom is 0.139 e. The minimum atomic E-state index is 0.179. The summed E-state index contributed by atoms with van der Waals surface area (Å²) in [6.45, 7) is 6.56. The van der Waals surface area contributed by atoms with E-state index in [2.05, 4.69) is 31.1 Å². The van der Waals surface area contributed by atoms with Gasteiger partial charge in [0, 0.05) is 24.9 Å². The van der Waals surface area contributed by atoms with Crippen molar-refractivity contribution in [2.45, 2.75) is 26.2 Å². The van der Waals surface area contributed by atoms with E-state index in [1.165, 1.54) is 5.01 Å². The Morgan fingerprint density at radius 1 is 1.33 bits per heavy atom. The summed E-state index contributed by atoms with van der Waals surface area (Å²) in [6, 6.07) is 0. The lowest BCUT2D eigenvalue weighted by Crippen LogP contribution is -2.13. The lowest BCUT2D eigenvalue weighted by molar-refractivity contribution is 0.585. The second-order valence-corrected chi connectivity index (χ2v) is 5.01. The van der Waals surface area contributed by atoms with Crippen LogP contribution in [0, 0.1) is 0 Å². The van der Waals surface area contributed by atoms with Crippen LogP contribution in [0.2, 0.25) is 0 Å². The van der Waals surface area contributed by atoms with Gasteiger partial charge in [-0.05, 0) is 0 Å². The van der Waals surface area contributed by atoms with Crippen LogP contribution in [0.4, 0.5) is 5.82 Å². The van der Waals surface area contributed by atoms with E-state index >= 15 is 0 Å². The molecule has 0 saturated carbocycles. The maximum atomic E-state index is 4.53. The zero-order valence-electron chi connectivity index (χ0n) is 8.38. The molecule has 0 aliphatic rings. The number of nitrogens with zero attached hydrogens (tertiary/aromatic N) is 2. The van der Waals surface area contributed by atoms with E-state index < -0.39 is 0 Å². The molecule has 12 heavy (non-hydrogen) atoms. The van der Waals surface area contributed by atoms with Gasteiger partial charge in [-0.3, -0.25) is 0 Å². The highest BCUT2D eigenvalue weighted by atomic mass is 32.1. The molecular formula is C9H16N2S. The number of aromatic nitrogens is 1. The molecule has 0 radical (unpaired) electrons. The summed E-state index contributed by atoms with van der Waals surface area (Å²) in [5.74, 6) is 1.06. The largest absolute Gasteiger partial charge is 0.362 e. The molecule has 2 nitrogen and oxygen atoms in total. The normalized spacial score (nSPS) is 11.8. The highest BCUT2D eigenvalue weighted by Crippen LogP contribution is 2.27. The predicted octanol–water partition coefficient (Wildman–Crippen LogP) is 2.51. The third kappa shape index (κ3) is 1.97. The Kier molecular flexibility index (Phi) is 2.42. The Labute approximate surface area is 78.2 Å². The van der Waals surface area contributed by atoms with E-state index in [1.807, 2.05) is 19.0 Å². The maximum absolute atomic E-state index is 4.53. The first-order valence-electron chi connectivity index (χ1n) is 4.04. The van der Waals surface area contributed by atoms with Gasteiger partial charge in [0.05, 0.1) is 0 Å². The van der Waals surface area contributed by atoms with E-state index in [0.29, 0.717) is 0 Å². The van der Waals surface area contributed by atoms with Crippen LogP contribution in [0.1, 0.15) is 25.8 Å². The van der Waals surface area contributed by atoms with Gasteiger partial charge in [-0.1, -0.05) is 20.8 Å². The van der Waals surface area contributed by atoms with Crippen LogP contribution in [0.15, 0.2) is 5.38 Å². The molecule has 0 bridgehead atoms. The van der Waals surface area contributed by atoms with Crippen molar-refractivity contribution >= 4 is 17.2 Å². The van der Waals surface area contributed by atoms with E-state index in [4.69, 9.17) is 0 Å². The molecule has 0 N–H and O–H groups in total. The first-order valence-corrected chi connectivity index (χ1v) is 4.92. The van der Waals surface area contributed by atoms with Crippen LogP contribution in [0.3, 0.4) is 0 Å². The molecular weight excluding hydrogens is 168 g/mol. The molecule has 1 rings (SSSR count). The summed E-state index contributed by atoms with van der Waals surface area (Å²) in [6.07, 6.45) is 0. The molecule has 1 aromatic heterocycles. The van der Waals surface area contributed by atoms with Crippen molar-refractivity contribution in [3.63, 3.8) is 0 Å². The number of anilines is 1. The molecule has 0 spiro atoms. The molecule has 1 aromatic rings. The van der Waals surface area contributed by atoms with Crippen LogP contribution in [-0.4, -0.2) is 19.1 Å². The molecule has 0 aliphatic heterocycles. The Morgan fingerprint density at radius 2 is 1.92 bits per heavy atom. The molecule has 0 aliphatic carbocycles. The number of rotatable bonds is 1. The minimum absolute atomic E-state index is 0.179. The first-order chi connectivity index (χ1) is 5.41. The zero-order chi connectivity index (χ0) is 9.35. The third-order valence-corrected chi connectivity index (χ3v) is 2.85. The lowest BCUT2D eigenvalue weighted by Gasteiger charge is -2.14. The Hall–Kier alpha value is -0.570. The second kappa shape index (κ2) is 3.05. The second-order valence-electron chi connectivity index (χ2n) is 4.16. The van der Waals surface area contributed by atoms with Crippen LogP contribution in [0.5, 0.6) is 0 Å². The van der Waals surface area contributed by atoms with Crippen molar-refractivity contribution in [2.24, 2.45) is 0 Å². The summed E-state index contributed by atoms with van der Waals surface area (Å²) in [5, 5.41) is 3.30. The number of hydrogen-bond donors (Lipinski definition) is 0. The molecule has 0 fully saturated rings. The van der Waals surface area contributed by atoms with Gasteiger partial charge in [-0.15, -0.1) is 11.3 Å². The van der Waals surface area contributed by atoms with Gasteiger partial charge in [0.2, 0.25) is 0 Å². The predicted molar refractivity (Wildman–Crippen MR) is 55.1 cm³/mol. The molecule has 0 amide bonds. The van der Waals surface area contributed by atoms with Crippen molar-refractivity contribution in [3.8, 4) is 0 Å². The number of hydrogen-bond acceptors (Lipinski definition) is 3. The van der Waals surface area contributed by atoms with Crippen molar-refractivity contribution in [1.82, 2.24) is 4.98 Å². The quantitative estimate of drug-likeness (QED) is 0.666. The van der Waals surface area contributed by atoms with Crippen LogP contribution in [0.25, 0.3) is 0 Å². The fourth-order valence-corrected chi connectivity index (χ4v) is 1.80. The Bertz CT molecular complexity index is 258. The van der Waals surface area contributed by atoms with Gasteiger partial charge in [-0.25, -0.2) is 4.98 Å². The number of thiazole rings is 1. The van der Waals surface area contributed by atoms with Gasteiger partial charge in [0.1, 0.15) is 10.8 Å². The summed E-state index contributed by atoms with van der Waals surface area (Å²) < 4.78 is 0. The Morgan fingerprint density at radius 3 is 2.17 bits per heavy atom. The van der Waals surface area contributed by atoms with Gasteiger partial charge in [-0.2, -0.15) is 0 Å². The highest BCUT2D eigenvalue weighted by Gasteiger charge is 2.18. The topological polar surface area (TPSA) is 16.1 Å². The van der Waals surface area contributed by atoms with Crippen LogP contribution < -0.4 is 4.90 Å². The van der Waals surface area contributed by atoms with Crippen LogP contribution in [-0.2, 0) is 5.41 Å². The lowest BCUT2D eigenvalue weighted by atomic mass is 9.98. The van der Waals surface area contributed by atoms with Gasteiger partial charge >= 0.3 is 0 Å². The van der Waals surface area contributed by atoms with Gasteiger partial charge in [0.15, 0.2) is 0 Å². The van der Waals surface area contributed by atoms with Gasteiger partial charge in [0.25, 0.3) is 0 Å². The van der Waals surface area contributed by atoms with Crippen LogP contribution >= 0.6 is 11.3 Å². The molecule has 1 heterocycles. The summed E-state index contributed by atoms with van der Waals surface area (Å²) >= 11 is 1.73. The van der Waals surface area contributed by atoms with Crippen molar-refractivity contribution in [2.75, 3.05) is 19.0 Å². The SMILES string of the molecule is CN(C)c1csc(C(C)(C)C)n1. The summed E-state index contributed by atoms with van der Waals surface area (Å²) in [7, 11) is 4.03. The van der Waals surface area contributed by atoms with E-state index in [9.17, 15) is 0 Å². The third-order valence-electron chi connectivity index (χ3n) is 1.59. The molecule has 0 atom stereocenters. The zero-order valence-corrected chi connectivity index (χ0v) is 9.20. The Balaban J connectivity index is 2.92. The molecule has 0 saturated heterocycles. The fourth-order valence-electron chi connectivity index (χ4n) is 0.815. The molecule has 0 unspecified atom stereocenters. The standard InChI is InChI=1S/C9H16N2S/c1-9(2,3)8-10-7(6-12-8)11(4)5/h6H,1-5H3. The van der Waals surface area contributed by atoms with Crippen molar-refractivity contribution in [1.29, 1.82) is 0 Å². The molecule has 68 valence electrons. The van der Waals surface area contributed by atoms with E-state index in [0.717, 1.165) is 5.82 Å². The summed E-state index contributed by atoms with van der Waals surface area (Å²) in [5.41, 5.74) is 0.179. The minimum Gasteiger partial charge on any atom is -0.362 e. The van der Waals surface area contributed by atoms with E-state index in [-0.39, 0.29) is 5.41 Å². The van der Waals surface area contributed by atoms with Crippen molar-refractivity contribution < 1.29 is 0 Å². The summed E-state index contributed by atoms with van der Waals surface area (Å²) in [4.78, 5) is 6.56. The van der Waals surface area contributed by atoms with Crippen molar-refractivity contribution in [3.05, 3.63) is 10.4 Å². The van der Waals surface area contributed by atoms with Gasteiger partial charge < -0.3 is 4.90 Å². The average molecular weight is 184 g/mol. The average Bonchev–Trinajstić information content (AvgIpc) is 2.30. The first kappa shape index (κ1) is 9.52. The van der Waals surface area contributed by atoms with E-state index in [1.54, 1.807) is 11.3 Å². The smallest absolute Gasteiger partial charge is 0.139 e. The fraction of sp³-hybridized carbons (Fsp3) is 0.667. The molecule has 0 aromatic carbocycles. The monoisotopic (exact) mass is 184 g/mol.